The van der Waals surface area contributed by atoms with Crippen molar-refractivity contribution in [2.75, 3.05) is 52.5 Å². The van der Waals surface area contributed by atoms with Crippen LogP contribution < -0.4 is 5.32 Å². The summed E-state index contributed by atoms with van der Waals surface area (Å²) in [6, 6.07) is 0.566. The number of hydrogen-bond acceptors (Lipinski definition) is 4. The summed E-state index contributed by atoms with van der Waals surface area (Å²) in [5.41, 5.74) is 0. The lowest BCUT2D eigenvalue weighted by Gasteiger charge is -2.37. The molecule has 0 spiro atoms. The van der Waals surface area contributed by atoms with Crippen molar-refractivity contribution in [2.45, 2.75) is 71.1 Å². The zero-order valence-corrected chi connectivity index (χ0v) is 17.7. The predicted octanol–water partition coefficient (Wildman–Crippen LogP) is 2.34. The molecule has 3 heterocycles. The van der Waals surface area contributed by atoms with E-state index in [-0.39, 0.29) is 12.2 Å². The van der Waals surface area contributed by atoms with Crippen molar-refractivity contribution in [3.8, 4) is 0 Å². The van der Waals surface area contributed by atoms with Gasteiger partial charge in [0, 0.05) is 32.3 Å². The fraction of sp³-hybridized carbons (Fsp3) is 0.952. The van der Waals surface area contributed by atoms with Crippen molar-refractivity contribution < 1.29 is 9.47 Å². The van der Waals surface area contributed by atoms with Crippen LogP contribution in [-0.2, 0) is 9.47 Å². The molecule has 0 radical (unpaired) electrons. The van der Waals surface area contributed by atoms with Gasteiger partial charge in [-0.3, -0.25) is 9.89 Å². The number of nitrogens with zero attached hydrogens (tertiary/aromatic N) is 3. The quantitative estimate of drug-likeness (QED) is 0.543. The highest BCUT2D eigenvalue weighted by Gasteiger charge is 2.32. The van der Waals surface area contributed by atoms with E-state index in [2.05, 4.69) is 35.9 Å². The van der Waals surface area contributed by atoms with Gasteiger partial charge in [-0.25, -0.2) is 0 Å². The molecule has 3 aliphatic heterocycles. The molecule has 3 fully saturated rings. The van der Waals surface area contributed by atoms with Gasteiger partial charge in [-0.2, -0.15) is 0 Å². The summed E-state index contributed by atoms with van der Waals surface area (Å²) in [6.45, 7) is 14.5. The average Bonchev–Trinajstić information content (AvgIpc) is 3.38. The van der Waals surface area contributed by atoms with Gasteiger partial charge in [0.25, 0.3) is 0 Å². The number of hydrogen-bond donors (Lipinski definition) is 1. The Labute approximate surface area is 165 Å². The van der Waals surface area contributed by atoms with Crippen LogP contribution in [0.15, 0.2) is 4.99 Å². The van der Waals surface area contributed by atoms with Gasteiger partial charge in [0.15, 0.2) is 5.96 Å². The van der Waals surface area contributed by atoms with E-state index >= 15 is 0 Å². The third-order valence-corrected chi connectivity index (χ3v) is 5.96. The molecule has 1 N–H and O–H groups in total. The van der Waals surface area contributed by atoms with E-state index in [9.17, 15) is 0 Å². The van der Waals surface area contributed by atoms with E-state index in [0.29, 0.717) is 12.0 Å². The van der Waals surface area contributed by atoms with Crippen LogP contribution in [0.3, 0.4) is 0 Å². The van der Waals surface area contributed by atoms with Gasteiger partial charge in [0.1, 0.15) is 6.10 Å². The van der Waals surface area contributed by atoms with Crippen LogP contribution in [0.1, 0.15) is 52.9 Å². The van der Waals surface area contributed by atoms with Crippen LogP contribution in [-0.4, -0.2) is 86.5 Å². The fourth-order valence-electron chi connectivity index (χ4n) is 4.60. The largest absolute Gasteiger partial charge is 0.375 e. The molecule has 156 valence electrons. The number of guanidine groups is 1. The Morgan fingerprint density at radius 2 is 1.85 bits per heavy atom. The van der Waals surface area contributed by atoms with Crippen LogP contribution in [0, 0.1) is 5.92 Å². The SMILES string of the molecule is CCNC(=NCC(CC(C)C)N1CCCC1)N1CCOC(C2CCCO2)C1. The smallest absolute Gasteiger partial charge is 0.194 e. The Hall–Kier alpha value is -0.850. The number of likely N-dealkylation sites (tertiary alicyclic amines) is 1. The van der Waals surface area contributed by atoms with Crippen molar-refractivity contribution in [3.05, 3.63) is 0 Å². The number of aliphatic imine (C=N–C) groups is 1. The minimum atomic E-state index is 0.176. The lowest BCUT2D eigenvalue weighted by Crippen LogP contribution is -2.53. The van der Waals surface area contributed by atoms with Crippen molar-refractivity contribution in [1.29, 1.82) is 0 Å². The maximum atomic E-state index is 6.02. The molecular weight excluding hydrogens is 340 g/mol. The average molecular weight is 381 g/mol. The molecule has 0 bridgehead atoms. The highest BCUT2D eigenvalue weighted by atomic mass is 16.5. The zero-order valence-electron chi connectivity index (χ0n) is 17.7. The molecule has 0 saturated carbocycles. The van der Waals surface area contributed by atoms with Gasteiger partial charge < -0.3 is 19.7 Å². The van der Waals surface area contributed by atoms with Crippen LogP contribution in [0.5, 0.6) is 0 Å². The topological polar surface area (TPSA) is 49.3 Å². The van der Waals surface area contributed by atoms with Crippen molar-refractivity contribution in [2.24, 2.45) is 10.9 Å². The van der Waals surface area contributed by atoms with Gasteiger partial charge in [-0.15, -0.1) is 0 Å². The minimum Gasteiger partial charge on any atom is -0.375 e. The van der Waals surface area contributed by atoms with E-state index < -0.39 is 0 Å². The van der Waals surface area contributed by atoms with Crippen molar-refractivity contribution in [1.82, 2.24) is 15.1 Å². The summed E-state index contributed by atoms with van der Waals surface area (Å²) >= 11 is 0. The number of morpholine rings is 1. The Balaban J connectivity index is 1.63. The van der Waals surface area contributed by atoms with Gasteiger partial charge in [0.05, 0.1) is 19.3 Å². The third-order valence-electron chi connectivity index (χ3n) is 5.96. The van der Waals surface area contributed by atoms with Crippen molar-refractivity contribution >= 4 is 5.96 Å². The molecule has 6 heteroatoms. The standard InChI is InChI=1S/C21H40N4O2/c1-4-22-21(23-15-18(14-17(2)3)24-9-5-6-10-24)25-11-13-27-20(16-25)19-8-7-12-26-19/h17-20H,4-16H2,1-3H3,(H,22,23). The molecule has 3 rings (SSSR count). The molecule has 3 atom stereocenters. The molecule has 6 nitrogen and oxygen atoms in total. The molecule has 0 aromatic heterocycles. The van der Waals surface area contributed by atoms with Crippen LogP contribution in [0.25, 0.3) is 0 Å². The molecule has 0 aromatic rings. The maximum Gasteiger partial charge on any atom is 0.194 e. The molecule has 27 heavy (non-hydrogen) atoms. The summed E-state index contributed by atoms with van der Waals surface area (Å²) in [4.78, 5) is 10.1. The second-order valence-corrected chi connectivity index (χ2v) is 8.63. The summed E-state index contributed by atoms with van der Waals surface area (Å²) in [5.74, 6) is 1.76. The maximum absolute atomic E-state index is 6.02. The number of nitrogens with one attached hydrogen (secondary N) is 1. The first-order valence-electron chi connectivity index (χ1n) is 11.2. The fourth-order valence-corrected chi connectivity index (χ4v) is 4.60. The Kier molecular flexibility index (Phi) is 8.22. The number of rotatable bonds is 7. The van der Waals surface area contributed by atoms with Gasteiger partial charge in [-0.1, -0.05) is 13.8 Å². The molecule has 3 aliphatic rings. The van der Waals surface area contributed by atoms with Crippen LogP contribution >= 0.6 is 0 Å². The summed E-state index contributed by atoms with van der Waals surface area (Å²) in [5, 5.41) is 3.52. The first-order valence-corrected chi connectivity index (χ1v) is 11.2. The van der Waals surface area contributed by atoms with E-state index in [1.54, 1.807) is 0 Å². The van der Waals surface area contributed by atoms with Crippen molar-refractivity contribution in [3.63, 3.8) is 0 Å². The highest BCUT2D eigenvalue weighted by molar-refractivity contribution is 5.80. The van der Waals surface area contributed by atoms with Crippen LogP contribution in [0.4, 0.5) is 0 Å². The predicted molar refractivity (Wildman–Crippen MR) is 110 cm³/mol. The second-order valence-electron chi connectivity index (χ2n) is 8.63. The first-order chi connectivity index (χ1) is 13.2. The van der Waals surface area contributed by atoms with Crippen LogP contribution in [0.2, 0.25) is 0 Å². The summed E-state index contributed by atoms with van der Waals surface area (Å²) in [7, 11) is 0. The monoisotopic (exact) mass is 380 g/mol. The highest BCUT2D eigenvalue weighted by Crippen LogP contribution is 2.22. The Morgan fingerprint density at radius 3 is 2.52 bits per heavy atom. The lowest BCUT2D eigenvalue weighted by molar-refractivity contribution is -0.0817. The molecular formula is C21H40N4O2. The van der Waals surface area contributed by atoms with Gasteiger partial charge in [0.2, 0.25) is 0 Å². The Bertz CT molecular complexity index is 459. The second kappa shape index (κ2) is 10.6. The lowest BCUT2D eigenvalue weighted by atomic mass is 10.0. The molecule has 0 amide bonds. The minimum absolute atomic E-state index is 0.176. The van der Waals surface area contributed by atoms with E-state index in [4.69, 9.17) is 14.5 Å². The van der Waals surface area contributed by atoms with Gasteiger partial charge >= 0.3 is 0 Å². The van der Waals surface area contributed by atoms with E-state index in [1.807, 2.05) is 0 Å². The Morgan fingerprint density at radius 1 is 1.07 bits per heavy atom. The third kappa shape index (κ3) is 6.06. The number of ether oxygens (including phenoxy) is 2. The van der Waals surface area contributed by atoms with E-state index in [1.165, 1.54) is 32.4 Å². The molecule has 0 aliphatic carbocycles. The zero-order chi connectivity index (χ0) is 19.1. The molecule has 3 unspecified atom stereocenters. The van der Waals surface area contributed by atoms with Gasteiger partial charge in [-0.05, 0) is 58.0 Å². The first kappa shape index (κ1) is 20.9. The summed E-state index contributed by atoms with van der Waals surface area (Å²) in [6.07, 6.45) is 6.62. The molecule has 0 aromatic carbocycles. The van der Waals surface area contributed by atoms with E-state index in [0.717, 1.165) is 58.2 Å². The normalized spacial score (nSPS) is 28.9. The molecule has 3 saturated heterocycles. The summed E-state index contributed by atoms with van der Waals surface area (Å²) < 4.78 is 11.9.